The van der Waals surface area contributed by atoms with Crippen LogP contribution in [0, 0.1) is 0 Å². The number of benzene rings is 1. The third-order valence-electron chi connectivity index (χ3n) is 2.41. The van der Waals surface area contributed by atoms with Gasteiger partial charge in [-0.3, -0.25) is 0 Å². The van der Waals surface area contributed by atoms with Crippen LogP contribution in [-0.2, 0) is 9.84 Å². The first-order chi connectivity index (χ1) is 7.41. The number of para-hydroxylation sites is 2. The van der Waals surface area contributed by atoms with Crippen molar-refractivity contribution < 1.29 is 8.42 Å². The smallest absolute Gasteiger partial charge is 0.228 e. The van der Waals surface area contributed by atoms with E-state index in [-0.39, 0.29) is 11.2 Å². The highest BCUT2D eigenvalue weighted by Crippen LogP contribution is 2.23. The van der Waals surface area contributed by atoms with Crippen molar-refractivity contribution >= 4 is 20.9 Å². The third-order valence-corrected chi connectivity index (χ3v) is 3.36. The van der Waals surface area contributed by atoms with Crippen LogP contribution in [0.2, 0.25) is 0 Å². The van der Waals surface area contributed by atoms with Crippen molar-refractivity contribution in [1.29, 1.82) is 0 Å². The van der Waals surface area contributed by atoms with Gasteiger partial charge in [-0.25, -0.2) is 13.4 Å². The van der Waals surface area contributed by atoms with Crippen LogP contribution in [0.25, 0.3) is 11.0 Å². The predicted molar refractivity (Wildman–Crippen MR) is 63.2 cm³/mol. The first kappa shape index (κ1) is 11.1. The molecule has 86 valence electrons. The molecule has 0 N–H and O–H groups in total. The SMILES string of the molecule is CC(C)n1c(S(C)(=O)=O)nc2ccccc21. The highest BCUT2D eigenvalue weighted by atomic mass is 32.2. The number of rotatable bonds is 2. The number of fused-ring (bicyclic) bond motifs is 1. The summed E-state index contributed by atoms with van der Waals surface area (Å²) in [6.07, 6.45) is 1.19. The van der Waals surface area contributed by atoms with E-state index in [2.05, 4.69) is 4.98 Å². The van der Waals surface area contributed by atoms with Crippen LogP contribution in [0.3, 0.4) is 0 Å². The van der Waals surface area contributed by atoms with Crippen molar-refractivity contribution in [2.45, 2.75) is 25.0 Å². The van der Waals surface area contributed by atoms with Gasteiger partial charge in [0.05, 0.1) is 11.0 Å². The first-order valence-corrected chi connectivity index (χ1v) is 6.97. The van der Waals surface area contributed by atoms with Crippen molar-refractivity contribution in [2.24, 2.45) is 0 Å². The summed E-state index contributed by atoms with van der Waals surface area (Å²) >= 11 is 0. The van der Waals surface area contributed by atoms with Crippen molar-refractivity contribution in [2.75, 3.05) is 6.26 Å². The number of sulfone groups is 1. The molecule has 16 heavy (non-hydrogen) atoms. The maximum atomic E-state index is 11.6. The van der Waals surface area contributed by atoms with Crippen molar-refractivity contribution in [3.05, 3.63) is 24.3 Å². The molecule has 0 fully saturated rings. The molecule has 0 aliphatic heterocycles. The molecule has 1 aromatic heterocycles. The van der Waals surface area contributed by atoms with Crippen LogP contribution in [0.15, 0.2) is 29.4 Å². The van der Waals surface area contributed by atoms with Crippen molar-refractivity contribution in [3.8, 4) is 0 Å². The van der Waals surface area contributed by atoms with E-state index >= 15 is 0 Å². The predicted octanol–water partition coefficient (Wildman–Crippen LogP) is 2.02. The quantitative estimate of drug-likeness (QED) is 0.804. The summed E-state index contributed by atoms with van der Waals surface area (Å²) in [6.45, 7) is 3.89. The molecule has 0 atom stereocenters. The number of hydrogen-bond donors (Lipinski definition) is 0. The van der Waals surface area contributed by atoms with Gasteiger partial charge in [0.15, 0.2) is 0 Å². The standard InChI is InChI=1S/C11H14N2O2S/c1-8(2)13-10-7-5-4-6-9(10)12-11(13)16(3,14)15/h4-8H,1-3H3. The lowest BCUT2D eigenvalue weighted by atomic mass is 10.3. The zero-order chi connectivity index (χ0) is 11.9. The van der Waals surface area contributed by atoms with E-state index in [4.69, 9.17) is 0 Å². The maximum absolute atomic E-state index is 11.6. The van der Waals surface area contributed by atoms with Crippen LogP contribution in [-0.4, -0.2) is 24.2 Å². The van der Waals surface area contributed by atoms with E-state index in [0.29, 0.717) is 0 Å². The Morgan fingerprint density at radius 3 is 2.44 bits per heavy atom. The molecule has 0 spiro atoms. The summed E-state index contributed by atoms with van der Waals surface area (Å²) in [5.74, 6) is 0. The van der Waals surface area contributed by atoms with Crippen LogP contribution in [0.4, 0.5) is 0 Å². The molecule has 0 aliphatic carbocycles. The van der Waals surface area contributed by atoms with Gasteiger partial charge in [-0.15, -0.1) is 0 Å². The fourth-order valence-electron chi connectivity index (χ4n) is 1.78. The Morgan fingerprint density at radius 1 is 1.25 bits per heavy atom. The largest absolute Gasteiger partial charge is 0.312 e. The van der Waals surface area contributed by atoms with E-state index in [9.17, 15) is 8.42 Å². The Kier molecular flexibility index (Phi) is 2.50. The highest BCUT2D eigenvalue weighted by Gasteiger charge is 2.20. The Balaban J connectivity index is 2.89. The lowest BCUT2D eigenvalue weighted by Crippen LogP contribution is -2.11. The van der Waals surface area contributed by atoms with Gasteiger partial charge in [0.25, 0.3) is 0 Å². The molecule has 1 heterocycles. The monoisotopic (exact) mass is 238 g/mol. The minimum Gasteiger partial charge on any atom is -0.312 e. The maximum Gasteiger partial charge on any atom is 0.228 e. The number of nitrogens with zero attached hydrogens (tertiary/aromatic N) is 2. The van der Waals surface area contributed by atoms with Gasteiger partial charge in [0.1, 0.15) is 0 Å². The van der Waals surface area contributed by atoms with E-state index in [1.165, 1.54) is 6.26 Å². The number of aromatic nitrogens is 2. The lowest BCUT2D eigenvalue weighted by Gasteiger charge is -2.11. The molecule has 0 unspecified atom stereocenters. The summed E-state index contributed by atoms with van der Waals surface area (Å²) < 4.78 is 25.0. The summed E-state index contributed by atoms with van der Waals surface area (Å²) in [6, 6.07) is 7.51. The third kappa shape index (κ3) is 1.71. The lowest BCUT2D eigenvalue weighted by molar-refractivity contribution is 0.534. The van der Waals surface area contributed by atoms with Crippen LogP contribution in [0.1, 0.15) is 19.9 Å². The molecular weight excluding hydrogens is 224 g/mol. The van der Waals surface area contributed by atoms with Gasteiger partial charge in [-0.2, -0.15) is 0 Å². The zero-order valence-corrected chi connectivity index (χ0v) is 10.3. The highest BCUT2D eigenvalue weighted by molar-refractivity contribution is 7.90. The van der Waals surface area contributed by atoms with Crippen LogP contribution < -0.4 is 0 Å². The van der Waals surface area contributed by atoms with Gasteiger partial charge >= 0.3 is 0 Å². The van der Waals surface area contributed by atoms with Crippen LogP contribution in [0.5, 0.6) is 0 Å². The topological polar surface area (TPSA) is 52.0 Å². The molecule has 5 heteroatoms. The van der Waals surface area contributed by atoms with Gasteiger partial charge in [-0.1, -0.05) is 12.1 Å². The number of hydrogen-bond acceptors (Lipinski definition) is 3. The van der Waals surface area contributed by atoms with Gasteiger partial charge in [-0.05, 0) is 26.0 Å². The average Bonchev–Trinajstić information content (AvgIpc) is 2.55. The second kappa shape index (κ2) is 3.59. The average molecular weight is 238 g/mol. The molecule has 1 aromatic carbocycles. The summed E-state index contributed by atoms with van der Waals surface area (Å²) in [5, 5.41) is 0.142. The second-order valence-corrected chi connectivity index (χ2v) is 6.03. The second-order valence-electron chi connectivity index (χ2n) is 4.12. The molecule has 0 aliphatic rings. The Hall–Kier alpha value is -1.36. The Labute approximate surface area is 94.8 Å². The summed E-state index contributed by atoms with van der Waals surface area (Å²) in [7, 11) is -3.29. The molecule has 2 aromatic rings. The molecule has 0 saturated carbocycles. The molecule has 2 rings (SSSR count). The number of imidazole rings is 1. The molecule has 0 bridgehead atoms. The fraction of sp³-hybridized carbons (Fsp3) is 0.364. The van der Waals surface area contributed by atoms with E-state index < -0.39 is 9.84 Å². The fourth-order valence-corrected chi connectivity index (χ4v) is 2.71. The molecule has 0 saturated heterocycles. The minimum absolute atomic E-state index is 0.0668. The Bertz CT molecular complexity index is 626. The Morgan fingerprint density at radius 2 is 1.88 bits per heavy atom. The van der Waals surface area contributed by atoms with Crippen molar-refractivity contribution in [3.63, 3.8) is 0 Å². The van der Waals surface area contributed by atoms with Gasteiger partial charge in [0, 0.05) is 12.3 Å². The normalized spacial score (nSPS) is 12.5. The first-order valence-electron chi connectivity index (χ1n) is 5.08. The van der Waals surface area contributed by atoms with Crippen LogP contribution >= 0.6 is 0 Å². The molecule has 0 amide bonds. The van der Waals surface area contributed by atoms with E-state index in [0.717, 1.165) is 11.0 Å². The van der Waals surface area contributed by atoms with Crippen molar-refractivity contribution in [1.82, 2.24) is 9.55 Å². The zero-order valence-electron chi connectivity index (χ0n) is 9.51. The summed E-state index contributed by atoms with van der Waals surface area (Å²) in [4.78, 5) is 4.18. The molecule has 0 radical (unpaired) electrons. The van der Waals surface area contributed by atoms with Gasteiger partial charge < -0.3 is 4.57 Å². The van der Waals surface area contributed by atoms with E-state index in [1.54, 1.807) is 4.57 Å². The molecule has 4 nitrogen and oxygen atoms in total. The van der Waals surface area contributed by atoms with E-state index in [1.807, 2.05) is 38.1 Å². The molecular formula is C11H14N2O2S. The van der Waals surface area contributed by atoms with Gasteiger partial charge in [0.2, 0.25) is 15.0 Å². The minimum atomic E-state index is -3.29. The summed E-state index contributed by atoms with van der Waals surface area (Å²) in [5.41, 5.74) is 1.58.